The minimum Gasteiger partial charge on any atom is -0.480 e. The van der Waals surface area contributed by atoms with Crippen LogP contribution in [0.1, 0.15) is 34.1 Å². The van der Waals surface area contributed by atoms with Crippen molar-refractivity contribution in [3.8, 4) is 0 Å². The van der Waals surface area contributed by atoms with Crippen molar-refractivity contribution in [1.82, 2.24) is 9.80 Å². The van der Waals surface area contributed by atoms with Gasteiger partial charge in [-0.05, 0) is 19.3 Å². The van der Waals surface area contributed by atoms with Gasteiger partial charge >= 0.3 is 5.97 Å². The average molecular weight is 242 g/mol. The summed E-state index contributed by atoms with van der Waals surface area (Å²) in [5, 5.41) is 8.99. The molecular formula is C13H26N2O2. The van der Waals surface area contributed by atoms with Crippen molar-refractivity contribution in [2.75, 3.05) is 26.2 Å². The van der Waals surface area contributed by atoms with Crippen LogP contribution in [0, 0.1) is 5.92 Å². The van der Waals surface area contributed by atoms with Gasteiger partial charge in [-0.3, -0.25) is 14.6 Å². The first-order valence-electron chi connectivity index (χ1n) is 6.68. The molecule has 0 spiro atoms. The fourth-order valence-electron chi connectivity index (χ4n) is 2.76. The summed E-state index contributed by atoms with van der Waals surface area (Å²) in [5.74, 6) is -0.0437. The van der Waals surface area contributed by atoms with E-state index in [4.69, 9.17) is 5.11 Å². The Labute approximate surface area is 105 Å². The second-order valence-electron chi connectivity index (χ2n) is 5.31. The van der Waals surface area contributed by atoms with Crippen LogP contribution in [0.3, 0.4) is 0 Å². The van der Waals surface area contributed by atoms with Crippen LogP contribution in [-0.2, 0) is 4.79 Å². The fraction of sp³-hybridized carbons (Fsp3) is 0.923. The highest BCUT2D eigenvalue weighted by Gasteiger charge is 2.28. The Kier molecular flexibility index (Phi) is 5.40. The van der Waals surface area contributed by atoms with Gasteiger partial charge < -0.3 is 5.11 Å². The third-order valence-electron chi connectivity index (χ3n) is 3.91. The molecule has 0 radical (unpaired) electrons. The van der Waals surface area contributed by atoms with Gasteiger partial charge in [-0.1, -0.05) is 20.8 Å². The molecule has 1 aliphatic heterocycles. The SMILES string of the molecule is CCC(C(C)C)N1CCN(C(C)C(=O)O)CC1. The highest BCUT2D eigenvalue weighted by atomic mass is 16.4. The lowest BCUT2D eigenvalue weighted by Gasteiger charge is -2.41. The second-order valence-corrected chi connectivity index (χ2v) is 5.31. The Balaban J connectivity index is 2.47. The molecule has 0 aromatic heterocycles. The summed E-state index contributed by atoms with van der Waals surface area (Å²) in [6.45, 7) is 12.3. The number of aliphatic carboxylic acids is 1. The van der Waals surface area contributed by atoms with Crippen LogP contribution >= 0.6 is 0 Å². The zero-order valence-electron chi connectivity index (χ0n) is 11.5. The summed E-state index contributed by atoms with van der Waals surface area (Å²) in [5.41, 5.74) is 0. The van der Waals surface area contributed by atoms with E-state index in [1.165, 1.54) is 6.42 Å². The largest absolute Gasteiger partial charge is 0.480 e. The fourth-order valence-corrected chi connectivity index (χ4v) is 2.76. The van der Waals surface area contributed by atoms with Crippen molar-refractivity contribution >= 4 is 5.97 Å². The van der Waals surface area contributed by atoms with Crippen molar-refractivity contribution in [3.63, 3.8) is 0 Å². The lowest BCUT2D eigenvalue weighted by molar-refractivity contribution is -0.143. The third-order valence-corrected chi connectivity index (χ3v) is 3.91. The van der Waals surface area contributed by atoms with Gasteiger partial charge in [0, 0.05) is 32.2 Å². The predicted octanol–water partition coefficient (Wildman–Crippen LogP) is 1.51. The van der Waals surface area contributed by atoms with E-state index in [0.29, 0.717) is 12.0 Å². The van der Waals surface area contributed by atoms with Crippen LogP contribution in [0.2, 0.25) is 0 Å². The maximum absolute atomic E-state index is 10.9. The Bertz CT molecular complexity index is 248. The van der Waals surface area contributed by atoms with Crippen molar-refractivity contribution in [2.45, 2.75) is 46.2 Å². The molecule has 2 atom stereocenters. The molecule has 1 saturated heterocycles. The van der Waals surface area contributed by atoms with Crippen molar-refractivity contribution in [1.29, 1.82) is 0 Å². The summed E-state index contributed by atoms with van der Waals surface area (Å²) in [6, 6.07) is 0.286. The smallest absolute Gasteiger partial charge is 0.320 e. The number of carboxylic acids is 1. The van der Waals surface area contributed by atoms with Crippen LogP contribution in [0.15, 0.2) is 0 Å². The van der Waals surface area contributed by atoms with Gasteiger partial charge in [0.1, 0.15) is 6.04 Å². The highest BCUT2D eigenvalue weighted by Crippen LogP contribution is 2.17. The quantitative estimate of drug-likeness (QED) is 0.793. The Morgan fingerprint density at radius 1 is 1.12 bits per heavy atom. The molecule has 4 nitrogen and oxygen atoms in total. The predicted molar refractivity (Wildman–Crippen MR) is 69.2 cm³/mol. The molecule has 0 bridgehead atoms. The van der Waals surface area contributed by atoms with Gasteiger partial charge in [-0.15, -0.1) is 0 Å². The average Bonchev–Trinajstić information content (AvgIpc) is 2.29. The van der Waals surface area contributed by atoms with Gasteiger partial charge in [0.05, 0.1) is 0 Å². The van der Waals surface area contributed by atoms with E-state index in [-0.39, 0.29) is 6.04 Å². The van der Waals surface area contributed by atoms with Crippen molar-refractivity contribution < 1.29 is 9.90 Å². The van der Waals surface area contributed by atoms with Crippen molar-refractivity contribution in [3.05, 3.63) is 0 Å². The molecule has 0 aromatic carbocycles. The van der Waals surface area contributed by atoms with E-state index in [1.807, 2.05) is 0 Å². The number of carboxylic acid groups (broad SMARTS) is 1. The molecule has 0 saturated carbocycles. The lowest BCUT2D eigenvalue weighted by atomic mass is 9.99. The summed E-state index contributed by atoms with van der Waals surface area (Å²) >= 11 is 0. The number of hydrogen-bond acceptors (Lipinski definition) is 3. The standard InChI is InChI=1S/C13H26N2O2/c1-5-12(10(2)3)15-8-6-14(7-9-15)11(4)13(16)17/h10-12H,5-9H2,1-4H3,(H,16,17). The van der Waals surface area contributed by atoms with Crippen LogP contribution in [0.25, 0.3) is 0 Å². The van der Waals surface area contributed by atoms with Gasteiger partial charge in [0.25, 0.3) is 0 Å². The van der Waals surface area contributed by atoms with E-state index in [1.54, 1.807) is 6.92 Å². The maximum Gasteiger partial charge on any atom is 0.320 e. The topological polar surface area (TPSA) is 43.8 Å². The number of rotatable bonds is 5. The first-order valence-corrected chi connectivity index (χ1v) is 6.68. The van der Waals surface area contributed by atoms with Gasteiger partial charge in [-0.25, -0.2) is 0 Å². The maximum atomic E-state index is 10.9. The first-order chi connectivity index (χ1) is 7.97. The number of nitrogens with zero attached hydrogens (tertiary/aromatic N) is 2. The summed E-state index contributed by atoms with van der Waals surface area (Å²) < 4.78 is 0. The molecule has 17 heavy (non-hydrogen) atoms. The molecule has 0 amide bonds. The minimum absolute atomic E-state index is 0.351. The Hall–Kier alpha value is -0.610. The second kappa shape index (κ2) is 6.36. The van der Waals surface area contributed by atoms with Gasteiger partial charge in [0.2, 0.25) is 0 Å². The van der Waals surface area contributed by atoms with E-state index >= 15 is 0 Å². The molecule has 2 unspecified atom stereocenters. The zero-order chi connectivity index (χ0) is 13.0. The molecule has 4 heteroatoms. The van der Waals surface area contributed by atoms with E-state index in [9.17, 15) is 4.79 Å². The van der Waals surface area contributed by atoms with Crippen molar-refractivity contribution in [2.24, 2.45) is 5.92 Å². The van der Waals surface area contributed by atoms with Crippen LogP contribution in [0.5, 0.6) is 0 Å². The molecular weight excluding hydrogens is 216 g/mol. The molecule has 1 fully saturated rings. The zero-order valence-corrected chi connectivity index (χ0v) is 11.5. The molecule has 100 valence electrons. The van der Waals surface area contributed by atoms with E-state index in [2.05, 4.69) is 30.6 Å². The van der Waals surface area contributed by atoms with Crippen LogP contribution < -0.4 is 0 Å². The number of hydrogen-bond donors (Lipinski definition) is 1. The molecule has 1 N–H and O–H groups in total. The molecule has 1 rings (SSSR count). The van der Waals surface area contributed by atoms with Crippen LogP contribution in [0.4, 0.5) is 0 Å². The van der Waals surface area contributed by atoms with Gasteiger partial charge in [-0.2, -0.15) is 0 Å². The number of carbonyl (C=O) groups is 1. The summed E-state index contributed by atoms with van der Waals surface area (Å²) in [4.78, 5) is 15.5. The normalized spacial score (nSPS) is 22.6. The number of piperazine rings is 1. The highest BCUT2D eigenvalue weighted by molar-refractivity contribution is 5.72. The minimum atomic E-state index is -0.714. The molecule has 1 aliphatic rings. The van der Waals surface area contributed by atoms with Crippen LogP contribution in [-0.4, -0.2) is 59.1 Å². The first kappa shape index (κ1) is 14.5. The molecule has 1 heterocycles. The monoisotopic (exact) mass is 242 g/mol. The Morgan fingerprint density at radius 3 is 1.94 bits per heavy atom. The van der Waals surface area contributed by atoms with E-state index in [0.717, 1.165) is 26.2 Å². The Morgan fingerprint density at radius 2 is 1.59 bits per heavy atom. The third kappa shape index (κ3) is 3.68. The molecule has 0 aromatic rings. The summed E-state index contributed by atoms with van der Waals surface area (Å²) in [6.07, 6.45) is 1.17. The molecule has 0 aliphatic carbocycles. The summed E-state index contributed by atoms with van der Waals surface area (Å²) in [7, 11) is 0. The van der Waals surface area contributed by atoms with Gasteiger partial charge in [0.15, 0.2) is 0 Å². The lowest BCUT2D eigenvalue weighted by Crippen LogP contribution is -2.55. The van der Waals surface area contributed by atoms with E-state index < -0.39 is 5.97 Å².